The normalized spacial score (nSPS) is 11.0. The number of unbranched alkanes of at least 4 members (excludes halogenated alkanes) is 1. The Morgan fingerprint density at radius 2 is 2.00 bits per heavy atom. The van der Waals surface area contributed by atoms with E-state index in [9.17, 15) is 0 Å². The van der Waals surface area contributed by atoms with Crippen LogP contribution in [0, 0.1) is 0 Å². The highest BCUT2D eigenvalue weighted by molar-refractivity contribution is 5.37. The zero-order chi connectivity index (χ0) is 14.1. The molecule has 108 valence electrons. The highest BCUT2D eigenvalue weighted by atomic mass is 16.5. The van der Waals surface area contributed by atoms with Gasteiger partial charge >= 0.3 is 0 Å². The Hall–Kier alpha value is -1.06. The van der Waals surface area contributed by atoms with E-state index in [1.807, 2.05) is 0 Å². The number of methoxy groups -OCH3 is 1. The maximum Gasteiger partial charge on any atom is 0.122 e. The molecule has 0 aromatic heterocycles. The van der Waals surface area contributed by atoms with Crippen molar-refractivity contribution in [2.45, 2.75) is 32.6 Å². The lowest BCUT2D eigenvalue weighted by molar-refractivity contribution is 0.264. The molecule has 0 saturated heterocycles. The Labute approximate surface area is 117 Å². The van der Waals surface area contributed by atoms with Crippen molar-refractivity contribution < 1.29 is 9.84 Å². The van der Waals surface area contributed by atoms with Gasteiger partial charge in [-0.05, 0) is 56.5 Å². The fourth-order valence-electron chi connectivity index (χ4n) is 2.19. The standard InChI is InChI=1S/C16H27NO2/c1-4-15-13-14(7-8-16(15)19-3)9-11-17(2)10-5-6-12-18/h7-8,13,18H,4-6,9-12H2,1-3H3. The van der Waals surface area contributed by atoms with Crippen molar-refractivity contribution in [1.29, 1.82) is 0 Å². The molecule has 3 heteroatoms. The molecule has 0 spiro atoms. The van der Waals surface area contributed by atoms with Crippen LogP contribution in [0.5, 0.6) is 5.75 Å². The smallest absolute Gasteiger partial charge is 0.122 e. The molecule has 0 aliphatic heterocycles. The van der Waals surface area contributed by atoms with Gasteiger partial charge in [-0.1, -0.05) is 19.1 Å². The fraction of sp³-hybridized carbons (Fsp3) is 0.625. The van der Waals surface area contributed by atoms with Crippen LogP contribution >= 0.6 is 0 Å². The third-order valence-corrected chi connectivity index (χ3v) is 3.46. The minimum Gasteiger partial charge on any atom is -0.496 e. The molecular formula is C16H27NO2. The lowest BCUT2D eigenvalue weighted by Gasteiger charge is -2.17. The zero-order valence-electron chi connectivity index (χ0n) is 12.5. The molecule has 1 rings (SSSR count). The van der Waals surface area contributed by atoms with Crippen LogP contribution in [-0.4, -0.2) is 43.9 Å². The van der Waals surface area contributed by atoms with Gasteiger partial charge in [0.05, 0.1) is 7.11 Å². The molecule has 0 aliphatic rings. The first-order valence-electron chi connectivity index (χ1n) is 7.16. The van der Waals surface area contributed by atoms with Gasteiger partial charge in [0.15, 0.2) is 0 Å². The van der Waals surface area contributed by atoms with Crippen LogP contribution in [-0.2, 0) is 12.8 Å². The van der Waals surface area contributed by atoms with Crippen LogP contribution in [0.3, 0.4) is 0 Å². The molecule has 1 N–H and O–H groups in total. The number of hydrogen-bond acceptors (Lipinski definition) is 3. The lowest BCUT2D eigenvalue weighted by atomic mass is 10.0. The number of aliphatic hydroxyl groups excluding tert-OH is 1. The van der Waals surface area contributed by atoms with Gasteiger partial charge in [0.2, 0.25) is 0 Å². The first-order valence-corrected chi connectivity index (χ1v) is 7.16. The number of rotatable bonds is 9. The molecule has 0 atom stereocenters. The second kappa shape index (κ2) is 8.94. The van der Waals surface area contributed by atoms with Crippen LogP contribution in [0.2, 0.25) is 0 Å². The summed E-state index contributed by atoms with van der Waals surface area (Å²) in [5.74, 6) is 0.988. The van der Waals surface area contributed by atoms with Crippen LogP contribution < -0.4 is 4.74 Å². The van der Waals surface area contributed by atoms with Gasteiger partial charge < -0.3 is 14.7 Å². The van der Waals surface area contributed by atoms with Crippen LogP contribution in [0.1, 0.15) is 30.9 Å². The van der Waals surface area contributed by atoms with E-state index in [0.717, 1.165) is 44.5 Å². The summed E-state index contributed by atoms with van der Waals surface area (Å²) in [7, 11) is 3.87. The van der Waals surface area contributed by atoms with E-state index in [2.05, 4.69) is 37.1 Å². The molecule has 0 amide bonds. The summed E-state index contributed by atoms with van der Waals surface area (Å²) in [5.41, 5.74) is 2.65. The van der Waals surface area contributed by atoms with Gasteiger partial charge in [0.25, 0.3) is 0 Å². The highest BCUT2D eigenvalue weighted by Gasteiger charge is 2.04. The number of ether oxygens (including phenoxy) is 1. The largest absolute Gasteiger partial charge is 0.496 e. The van der Waals surface area contributed by atoms with E-state index >= 15 is 0 Å². The molecular weight excluding hydrogens is 238 g/mol. The minimum absolute atomic E-state index is 0.298. The summed E-state index contributed by atoms with van der Waals surface area (Å²) in [5, 5.41) is 8.76. The average Bonchev–Trinajstić information content (AvgIpc) is 2.45. The van der Waals surface area contributed by atoms with Crippen molar-refractivity contribution in [1.82, 2.24) is 4.90 Å². The Kier molecular flexibility index (Phi) is 7.53. The van der Waals surface area contributed by atoms with Crippen LogP contribution in [0.15, 0.2) is 18.2 Å². The van der Waals surface area contributed by atoms with Gasteiger partial charge in [-0.25, -0.2) is 0 Å². The summed E-state index contributed by atoms with van der Waals surface area (Å²) >= 11 is 0. The van der Waals surface area contributed by atoms with Crippen LogP contribution in [0.25, 0.3) is 0 Å². The number of nitrogens with zero attached hydrogens (tertiary/aromatic N) is 1. The molecule has 0 heterocycles. The average molecular weight is 265 g/mol. The van der Waals surface area contributed by atoms with E-state index in [4.69, 9.17) is 9.84 Å². The minimum atomic E-state index is 0.298. The third-order valence-electron chi connectivity index (χ3n) is 3.46. The Morgan fingerprint density at radius 1 is 1.21 bits per heavy atom. The topological polar surface area (TPSA) is 32.7 Å². The summed E-state index contributed by atoms with van der Waals surface area (Å²) in [6.07, 6.45) is 4.03. The number of aryl methyl sites for hydroxylation is 1. The Morgan fingerprint density at radius 3 is 2.63 bits per heavy atom. The summed E-state index contributed by atoms with van der Waals surface area (Å²) < 4.78 is 5.35. The van der Waals surface area contributed by atoms with Crippen molar-refractivity contribution in [2.75, 3.05) is 33.9 Å². The lowest BCUT2D eigenvalue weighted by Crippen LogP contribution is -2.22. The van der Waals surface area contributed by atoms with Crippen molar-refractivity contribution in [3.63, 3.8) is 0 Å². The molecule has 1 aromatic carbocycles. The Balaban J connectivity index is 2.44. The molecule has 0 saturated carbocycles. The zero-order valence-corrected chi connectivity index (χ0v) is 12.5. The molecule has 3 nitrogen and oxygen atoms in total. The molecule has 0 aliphatic carbocycles. The van der Waals surface area contributed by atoms with E-state index in [1.165, 1.54) is 11.1 Å². The van der Waals surface area contributed by atoms with Crippen LogP contribution in [0.4, 0.5) is 0 Å². The van der Waals surface area contributed by atoms with Gasteiger partial charge in [-0.3, -0.25) is 0 Å². The van der Waals surface area contributed by atoms with E-state index in [0.29, 0.717) is 6.61 Å². The fourth-order valence-corrected chi connectivity index (χ4v) is 2.19. The number of hydrogen-bond donors (Lipinski definition) is 1. The molecule has 0 radical (unpaired) electrons. The number of likely N-dealkylation sites (N-methyl/N-ethyl adjacent to an activating group) is 1. The molecule has 19 heavy (non-hydrogen) atoms. The molecule has 0 unspecified atom stereocenters. The third kappa shape index (κ3) is 5.62. The van der Waals surface area contributed by atoms with E-state index in [-0.39, 0.29) is 0 Å². The maximum absolute atomic E-state index is 8.76. The Bertz CT molecular complexity index is 366. The van der Waals surface area contributed by atoms with Gasteiger partial charge in [-0.2, -0.15) is 0 Å². The second-order valence-electron chi connectivity index (χ2n) is 4.98. The maximum atomic E-state index is 8.76. The SMILES string of the molecule is CCc1cc(CCN(C)CCCCO)ccc1OC. The quantitative estimate of drug-likeness (QED) is 0.696. The first-order chi connectivity index (χ1) is 9.21. The number of benzene rings is 1. The monoisotopic (exact) mass is 265 g/mol. The summed E-state index contributed by atoms with van der Waals surface area (Å²) in [4.78, 5) is 2.32. The predicted molar refractivity (Wildman–Crippen MR) is 79.9 cm³/mol. The van der Waals surface area contributed by atoms with Gasteiger partial charge in [-0.15, -0.1) is 0 Å². The molecule has 1 aromatic rings. The predicted octanol–water partition coefficient (Wildman–Crippen LogP) is 2.50. The number of aliphatic hydroxyl groups is 1. The molecule has 0 fully saturated rings. The molecule has 0 bridgehead atoms. The van der Waals surface area contributed by atoms with Crippen molar-refractivity contribution in [3.8, 4) is 5.75 Å². The second-order valence-corrected chi connectivity index (χ2v) is 4.98. The summed E-state index contributed by atoms with van der Waals surface area (Å²) in [6.45, 7) is 4.56. The van der Waals surface area contributed by atoms with Crippen molar-refractivity contribution >= 4 is 0 Å². The van der Waals surface area contributed by atoms with E-state index in [1.54, 1.807) is 7.11 Å². The van der Waals surface area contributed by atoms with Crippen molar-refractivity contribution in [2.24, 2.45) is 0 Å². The van der Waals surface area contributed by atoms with Crippen molar-refractivity contribution in [3.05, 3.63) is 29.3 Å². The first kappa shape index (κ1) is 16.0. The summed E-state index contributed by atoms with van der Waals surface area (Å²) in [6, 6.07) is 6.47. The van der Waals surface area contributed by atoms with E-state index < -0.39 is 0 Å². The van der Waals surface area contributed by atoms with Gasteiger partial charge in [0, 0.05) is 13.2 Å². The highest BCUT2D eigenvalue weighted by Crippen LogP contribution is 2.20. The van der Waals surface area contributed by atoms with Gasteiger partial charge in [0.1, 0.15) is 5.75 Å².